The van der Waals surface area contributed by atoms with Crippen LogP contribution in [0.25, 0.3) is 0 Å². The highest BCUT2D eigenvalue weighted by atomic mass is 19.1. The lowest BCUT2D eigenvalue weighted by Gasteiger charge is -2.22. The SMILES string of the molecule is CC(C)[C@H](OC(=O)[C@@H](C)Oc1ccc(F)cc1)C(=O)NC(N)=O. The molecular weight excluding hydrogens is 307 g/mol. The lowest BCUT2D eigenvalue weighted by molar-refractivity contribution is -0.164. The summed E-state index contributed by atoms with van der Waals surface area (Å²) in [5.74, 6) is -2.15. The molecule has 0 spiro atoms. The number of imide groups is 1. The molecule has 0 aliphatic heterocycles. The molecule has 3 amide bonds. The summed E-state index contributed by atoms with van der Waals surface area (Å²) < 4.78 is 23.2. The zero-order chi connectivity index (χ0) is 17.6. The normalized spacial score (nSPS) is 13.1. The molecule has 7 nitrogen and oxygen atoms in total. The van der Waals surface area contributed by atoms with Crippen molar-refractivity contribution in [2.75, 3.05) is 0 Å². The van der Waals surface area contributed by atoms with E-state index in [0.29, 0.717) is 0 Å². The highest BCUT2D eigenvalue weighted by Crippen LogP contribution is 2.15. The van der Waals surface area contributed by atoms with Crippen LogP contribution in [-0.4, -0.2) is 30.1 Å². The summed E-state index contributed by atoms with van der Waals surface area (Å²) in [6.07, 6.45) is -2.21. The van der Waals surface area contributed by atoms with E-state index in [1.54, 1.807) is 13.8 Å². The molecule has 1 aromatic rings. The molecule has 0 saturated heterocycles. The molecule has 0 bridgehead atoms. The van der Waals surface area contributed by atoms with Crippen molar-refractivity contribution < 1.29 is 28.2 Å². The van der Waals surface area contributed by atoms with Crippen molar-refractivity contribution in [3.05, 3.63) is 30.1 Å². The Morgan fingerprint density at radius 3 is 2.17 bits per heavy atom. The molecule has 0 aliphatic carbocycles. The van der Waals surface area contributed by atoms with E-state index in [4.69, 9.17) is 15.2 Å². The molecule has 1 rings (SSSR count). The molecular formula is C15H19FN2O5. The first kappa shape index (κ1) is 18.4. The highest BCUT2D eigenvalue weighted by molar-refractivity contribution is 5.96. The van der Waals surface area contributed by atoms with Gasteiger partial charge >= 0.3 is 12.0 Å². The van der Waals surface area contributed by atoms with E-state index < -0.39 is 35.9 Å². The van der Waals surface area contributed by atoms with E-state index in [-0.39, 0.29) is 11.7 Å². The predicted octanol–water partition coefficient (Wildman–Crippen LogP) is 1.36. The maximum Gasteiger partial charge on any atom is 0.347 e. The molecule has 1 aromatic carbocycles. The molecule has 0 radical (unpaired) electrons. The van der Waals surface area contributed by atoms with Gasteiger partial charge in [-0.15, -0.1) is 0 Å². The van der Waals surface area contributed by atoms with E-state index in [1.165, 1.54) is 31.2 Å². The van der Waals surface area contributed by atoms with Crippen LogP contribution in [0.5, 0.6) is 5.75 Å². The van der Waals surface area contributed by atoms with E-state index >= 15 is 0 Å². The van der Waals surface area contributed by atoms with Gasteiger partial charge in [0.15, 0.2) is 12.2 Å². The molecule has 126 valence electrons. The van der Waals surface area contributed by atoms with Crippen LogP contribution in [-0.2, 0) is 14.3 Å². The Bertz CT molecular complexity index is 574. The van der Waals surface area contributed by atoms with Gasteiger partial charge in [0.25, 0.3) is 5.91 Å². The van der Waals surface area contributed by atoms with E-state index in [9.17, 15) is 18.8 Å². The van der Waals surface area contributed by atoms with Crippen LogP contribution in [0.2, 0.25) is 0 Å². The van der Waals surface area contributed by atoms with Crippen molar-refractivity contribution in [2.24, 2.45) is 11.7 Å². The monoisotopic (exact) mass is 326 g/mol. The second kappa shape index (κ2) is 8.11. The minimum Gasteiger partial charge on any atom is -0.479 e. The van der Waals surface area contributed by atoms with Crippen molar-refractivity contribution in [1.82, 2.24) is 5.32 Å². The lowest BCUT2D eigenvalue weighted by atomic mass is 10.1. The van der Waals surface area contributed by atoms with Crippen molar-refractivity contribution >= 4 is 17.9 Å². The number of urea groups is 1. The van der Waals surface area contributed by atoms with Gasteiger partial charge in [-0.1, -0.05) is 13.8 Å². The molecule has 0 aliphatic rings. The highest BCUT2D eigenvalue weighted by Gasteiger charge is 2.30. The lowest BCUT2D eigenvalue weighted by Crippen LogP contribution is -2.46. The molecule has 0 aromatic heterocycles. The van der Waals surface area contributed by atoms with Crippen LogP contribution >= 0.6 is 0 Å². The smallest absolute Gasteiger partial charge is 0.347 e. The summed E-state index contributed by atoms with van der Waals surface area (Å²) in [5.41, 5.74) is 4.87. The number of halogens is 1. The van der Waals surface area contributed by atoms with Crippen LogP contribution in [0, 0.1) is 11.7 Å². The number of amides is 3. The van der Waals surface area contributed by atoms with Crippen LogP contribution in [0.3, 0.4) is 0 Å². The summed E-state index contributed by atoms with van der Waals surface area (Å²) in [7, 11) is 0. The topological polar surface area (TPSA) is 108 Å². The van der Waals surface area contributed by atoms with Gasteiger partial charge in [-0.3, -0.25) is 10.1 Å². The number of primary amides is 1. The molecule has 23 heavy (non-hydrogen) atoms. The summed E-state index contributed by atoms with van der Waals surface area (Å²) in [6.45, 7) is 4.71. The summed E-state index contributed by atoms with van der Waals surface area (Å²) in [6, 6.07) is 4.06. The van der Waals surface area contributed by atoms with Crippen LogP contribution in [0.15, 0.2) is 24.3 Å². The maximum atomic E-state index is 12.8. The molecule has 3 N–H and O–H groups in total. The molecule has 8 heteroatoms. The first-order chi connectivity index (χ1) is 10.7. The third-order valence-corrected chi connectivity index (χ3v) is 2.81. The predicted molar refractivity (Wildman–Crippen MR) is 78.9 cm³/mol. The minimum atomic E-state index is -1.19. The minimum absolute atomic E-state index is 0.276. The summed E-state index contributed by atoms with van der Waals surface area (Å²) in [5, 5.41) is 1.86. The first-order valence-corrected chi connectivity index (χ1v) is 6.93. The second-order valence-electron chi connectivity index (χ2n) is 5.17. The third-order valence-electron chi connectivity index (χ3n) is 2.81. The van der Waals surface area contributed by atoms with E-state index in [0.717, 1.165) is 0 Å². The second-order valence-corrected chi connectivity index (χ2v) is 5.17. The molecule has 0 unspecified atom stereocenters. The number of carbonyl (C=O) groups excluding carboxylic acids is 3. The Labute approximate surface area is 132 Å². The van der Waals surface area contributed by atoms with Gasteiger partial charge in [0.05, 0.1) is 0 Å². The van der Waals surface area contributed by atoms with Gasteiger partial charge in [0.1, 0.15) is 11.6 Å². The largest absolute Gasteiger partial charge is 0.479 e. The van der Waals surface area contributed by atoms with Crippen LogP contribution in [0.1, 0.15) is 20.8 Å². The van der Waals surface area contributed by atoms with Crippen LogP contribution < -0.4 is 15.8 Å². The average molecular weight is 326 g/mol. The number of ether oxygens (including phenoxy) is 2. The number of hydrogen-bond donors (Lipinski definition) is 2. The summed E-state index contributed by atoms with van der Waals surface area (Å²) >= 11 is 0. The number of carbonyl (C=O) groups is 3. The number of hydrogen-bond acceptors (Lipinski definition) is 5. The first-order valence-electron chi connectivity index (χ1n) is 6.93. The van der Waals surface area contributed by atoms with E-state index in [2.05, 4.69) is 0 Å². The van der Waals surface area contributed by atoms with Gasteiger partial charge in [0.2, 0.25) is 0 Å². The van der Waals surface area contributed by atoms with Gasteiger partial charge < -0.3 is 15.2 Å². The van der Waals surface area contributed by atoms with Crippen molar-refractivity contribution in [3.63, 3.8) is 0 Å². The van der Waals surface area contributed by atoms with Crippen LogP contribution in [0.4, 0.5) is 9.18 Å². The fraction of sp³-hybridized carbons (Fsp3) is 0.400. The van der Waals surface area contributed by atoms with Gasteiger partial charge in [0, 0.05) is 0 Å². The van der Waals surface area contributed by atoms with E-state index in [1.807, 2.05) is 5.32 Å². The van der Waals surface area contributed by atoms with Crippen molar-refractivity contribution in [2.45, 2.75) is 33.0 Å². The number of rotatable bonds is 6. The molecule has 2 atom stereocenters. The Hall–Kier alpha value is -2.64. The zero-order valence-corrected chi connectivity index (χ0v) is 13.0. The van der Waals surface area contributed by atoms with Gasteiger partial charge in [-0.2, -0.15) is 0 Å². The number of nitrogens with one attached hydrogen (secondary N) is 1. The number of esters is 1. The Morgan fingerprint density at radius 1 is 1.13 bits per heavy atom. The average Bonchev–Trinajstić information content (AvgIpc) is 2.45. The number of nitrogens with two attached hydrogens (primary N) is 1. The summed E-state index contributed by atoms with van der Waals surface area (Å²) in [4.78, 5) is 34.5. The maximum absolute atomic E-state index is 12.8. The molecule has 0 saturated carbocycles. The van der Waals surface area contributed by atoms with Gasteiger partial charge in [-0.25, -0.2) is 14.0 Å². The fourth-order valence-electron chi connectivity index (χ4n) is 1.67. The van der Waals surface area contributed by atoms with Crippen molar-refractivity contribution in [3.8, 4) is 5.75 Å². The fourth-order valence-corrected chi connectivity index (χ4v) is 1.67. The Kier molecular flexibility index (Phi) is 6.49. The molecule has 0 fully saturated rings. The quantitative estimate of drug-likeness (QED) is 0.767. The Balaban J connectivity index is 2.68. The standard InChI is InChI=1S/C15H19FN2O5/c1-8(2)12(13(19)18-15(17)21)23-14(20)9(3)22-11-6-4-10(16)5-7-11/h4-9,12H,1-3H3,(H3,17,18,19,21)/t9-,12+/m1/s1. The number of benzene rings is 1. The van der Waals surface area contributed by atoms with Crippen molar-refractivity contribution in [1.29, 1.82) is 0 Å². The van der Waals surface area contributed by atoms with Gasteiger partial charge in [-0.05, 0) is 37.1 Å². The third kappa shape index (κ3) is 5.93. The Morgan fingerprint density at radius 2 is 1.70 bits per heavy atom. The zero-order valence-electron chi connectivity index (χ0n) is 13.0. The molecule has 0 heterocycles.